The van der Waals surface area contributed by atoms with Crippen molar-refractivity contribution in [2.24, 2.45) is 0 Å². The summed E-state index contributed by atoms with van der Waals surface area (Å²) < 4.78 is 0. The molecule has 0 aliphatic carbocycles. The number of hydrogen-bond acceptors (Lipinski definition) is 4. The second-order valence-corrected chi connectivity index (χ2v) is 5.63. The van der Waals surface area contributed by atoms with E-state index in [4.69, 9.17) is 0 Å². The maximum atomic E-state index is 4.63. The number of aromatic nitrogens is 1. The fraction of sp³-hybridized carbons (Fsp3) is 0.688. The largest absolute Gasteiger partial charge is 0.354 e. The van der Waals surface area contributed by atoms with Crippen LogP contribution < -0.4 is 10.2 Å². The quantitative estimate of drug-likeness (QED) is 0.806. The van der Waals surface area contributed by atoms with E-state index in [1.165, 1.54) is 12.0 Å². The fourth-order valence-electron chi connectivity index (χ4n) is 2.79. The molecule has 1 atom stereocenters. The molecule has 1 aliphatic rings. The molecule has 112 valence electrons. The minimum absolute atomic E-state index is 0.612. The molecule has 0 spiro atoms. The predicted octanol–water partition coefficient (Wildman–Crippen LogP) is 2.11. The number of pyridine rings is 1. The maximum Gasteiger partial charge on any atom is 0.128 e. The molecule has 0 bridgehead atoms. The van der Waals surface area contributed by atoms with Crippen LogP contribution in [0, 0.1) is 0 Å². The van der Waals surface area contributed by atoms with E-state index in [0.717, 1.165) is 45.1 Å². The van der Waals surface area contributed by atoms with Crippen LogP contribution in [0.2, 0.25) is 0 Å². The standard InChI is InChI=1S/C16H28N4/c1-4-8-17-11-15-6-7-16(18-12-15)20-10-9-19(5-2)14(3)13-20/h6-7,12,14,17H,4-5,8-11,13H2,1-3H3. The zero-order valence-electron chi connectivity index (χ0n) is 13.1. The van der Waals surface area contributed by atoms with Crippen LogP contribution in [0.1, 0.15) is 32.8 Å². The molecule has 1 aromatic rings. The van der Waals surface area contributed by atoms with E-state index < -0.39 is 0 Å². The third-order valence-electron chi connectivity index (χ3n) is 4.06. The number of likely N-dealkylation sites (N-methyl/N-ethyl adjacent to an activating group) is 1. The SMILES string of the molecule is CCCNCc1ccc(N2CCN(CC)C(C)C2)nc1. The van der Waals surface area contributed by atoms with Gasteiger partial charge in [-0.1, -0.05) is 19.9 Å². The lowest BCUT2D eigenvalue weighted by Crippen LogP contribution is -2.51. The Labute approximate surface area is 123 Å². The van der Waals surface area contributed by atoms with Crippen LogP contribution in [0.15, 0.2) is 18.3 Å². The lowest BCUT2D eigenvalue weighted by molar-refractivity contribution is 0.199. The first kappa shape index (κ1) is 15.3. The molecule has 1 unspecified atom stereocenters. The van der Waals surface area contributed by atoms with Gasteiger partial charge in [-0.15, -0.1) is 0 Å². The van der Waals surface area contributed by atoms with Gasteiger partial charge in [0.25, 0.3) is 0 Å². The monoisotopic (exact) mass is 276 g/mol. The average Bonchev–Trinajstić information content (AvgIpc) is 2.48. The molecule has 1 N–H and O–H groups in total. The topological polar surface area (TPSA) is 31.4 Å². The van der Waals surface area contributed by atoms with E-state index in [1.54, 1.807) is 0 Å². The van der Waals surface area contributed by atoms with Crippen LogP contribution in [0.4, 0.5) is 5.82 Å². The molecule has 1 aliphatic heterocycles. The Morgan fingerprint density at radius 1 is 1.30 bits per heavy atom. The van der Waals surface area contributed by atoms with Crippen LogP contribution in [-0.4, -0.2) is 48.6 Å². The highest BCUT2D eigenvalue weighted by atomic mass is 15.3. The van der Waals surface area contributed by atoms with Gasteiger partial charge in [0.05, 0.1) is 0 Å². The summed E-state index contributed by atoms with van der Waals surface area (Å²) in [6.45, 7) is 13.2. The number of hydrogen-bond donors (Lipinski definition) is 1. The molecular weight excluding hydrogens is 248 g/mol. The van der Waals surface area contributed by atoms with Crippen molar-refractivity contribution in [3.63, 3.8) is 0 Å². The number of piperazine rings is 1. The van der Waals surface area contributed by atoms with Gasteiger partial charge in [-0.25, -0.2) is 4.98 Å². The average molecular weight is 276 g/mol. The first-order valence-electron chi connectivity index (χ1n) is 7.89. The molecule has 2 heterocycles. The summed E-state index contributed by atoms with van der Waals surface area (Å²) in [6.07, 6.45) is 3.18. The van der Waals surface area contributed by atoms with Crippen LogP contribution in [0.25, 0.3) is 0 Å². The van der Waals surface area contributed by atoms with E-state index in [1.807, 2.05) is 6.20 Å². The van der Waals surface area contributed by atoms with E-state index in [2.05, 4.69) is 53.0 Å². The van der Waals surface area contributed by atoms with Crippen molar-refractivity contribution in [3.05, 3.63) is 23.9 Å². The zero-order chi connectivity index (χ0) is 14.4. The highest BCUT2D eigenvalue weighted by Crippen LogP contribution is 2.17. The second-order valence-electron chi connectivity index (χ2n) is 5.63. The van der Waals surface area contributed by atoms with E-state index in [9.17, 15) is 0 Å². The molecule has 0 amide bonds. The summed E-state index contributed by atoms with van der Waals surface area (Å²) in [5.41, 5.74) is 1.27. The molecule has 4 heteroatoms. The third kappa shape index (κ3) is 3.93. The number of nitrogens with one attached hydrogen (secondary N) is 1. The van der Waals surface area contributed by atoms with Crippen LogP contribution >= 0.6 is 0 Å². The van der Waals surface area contributed by atoms with Gasteiger partial charge in [0.1, 0.15) is 5.82 Å². The van der Waals surface area contributed by atoms with Gasteiger partial charge >= 0.3 is 0 Å². The number of anilines is 1. The molecule has 0 aromatic carbocycles. The zero-order valence-corrected chi connectivity index (χ0v) is 13.1. The summed E-state index contributed by atoms with van der Waals surface area (Å²) in [4.78, 5) is 9.56. The lowest BCUT2D eigenvalue weighted by atomic mass is 10.2. The Bertz CT molecular complexity index is 390. The highest BCUT2D eigenvalue weighted by molar-refractivity contribution is 5.40. The van der Waals surface area contributed by atoms with Gasteiger partial charge in [0.15, 0.2) is 0 Å². The normalized spacial score (nSPS) is 20.4. The molecule has 1 saturated heterocycles. The van der Waals surface area contributed by atoms with Crippen molar-refractivity contribution >= 4 is 5.82 Å². The van der Waals surface area contributed by atoms with Crippen molar-refractivity contribution in [2.45, 2.75) is 39.8 Å². The van der Waals surface area contributed by atoms with Gasteiger partial charge in [0, 0.05) is 38.4 Å². The molecule has 0 radical (unpaired) electrons. The molecule has 0 saturated carbocycles. The summed E-state index contributed by atoms with van der Waals surface area (Å²) in [7, 11) is 0. The number of nitrogens with zero attached hydrogens (tertiary/aromatic N) is 3. The van der Waals surface area contributed by atoms with Gasteiger partial charge in [-0.3, -0.25) is 4.90 Å². The third-order valence-corrected chi connectivity index (χ3v) is 4.06. The first-order chi connectivity index (χ1) is 9.74. The van der Waals surface area contributed by atoms with Gasteiger partial charge in [-0.05, 0) is 38.1 Å². The fourth-order valence-corrected chi connectivity index (χ4v) is 2.79. The molecular formula is C16H28N4. The molecule has 2 rings (SSSR count). The van der Waals surface area contributed by atoms with Crippen molar-refractivity contribution in [3.8, 4) is 0 Å². The predicted molar refractivity (Wildman–Crippen MR) is 85.2 cm³/mol. The summed E-state index contributed by atoms with van der Waals surface area (Å²) >= 11 is 0. The van der Waals surface area contributed by atoms with Gasteiger partial charge in [0.2, 0.25) is 0 Å². The van der Waals surface area contributed by atoms with E-state index >= 15 is 0 Å². The van der Waals surface area contributed by atoms with Gasteiger partial charge in [-0.2, -0.15) is 0 Å². The van der Waals surface area contributed by atoms with Crippen molar-refractivity contribution in [2.75, 3.05) is 37.6 Å². The smallest absolute Gasteiger partial charge is 0.128 e. The molecule has 20 heavy (non-hydrogen) atoms. The van der Waals surface area contributed by atoms with Crippen molar-refractivity contribution < 1.29 is 0 Å². The summed E-state index contributed by atoms with van der Waals surface area (Å²) in [5.74, 6) is 1.12. The molecule has 4 nitrogen and oxygen atoms in total. The van der Waals surface area contributed by atoms with Crippen molar-refractivity contribution in [1.29, 1.82) is 0 Å². The van der Waals surface area contributed by atoms with Crippen LogP contribution in [0.3, 0.4) is 0 Å². The summed E-state index contributed by atoms with van der Waals surface area (Å²) in [6, 6.07) is 4.97. The Morgan fingerprint density at radius 3 is 2.75 bits per heavy atom. The Balaban J connectivity index is 1.90. The van der Waals surface area contributed by atoms with Crippen LogP contribution in [-0.2, 0) is 6.54 Å². The minimum atomic E-state index is 0.612. The molecule has 1 aromatic heterocycles. The minimum Gasteiger partial charge on any atom is -0.354 e. The van der Waals surface area contributed by atoms with Gasteiger partial charge < -0.3 is 10.2 Å². The van der Waals surface area contributed by atoms with Crippen molar-refractivity contribution in [1.82, 2.24) is 15.2 Å². The lowest BCUT2D eigenvalue weighted by Gasteiger charge is -2.39. The maximum absolute atomic E-state index is 4.63. The van der Waals surface area contributed by atoms with E-state index in [-0.39, 0.29) is 0 Å². The molecule has 1 fully saturated rings. The Hall–Kier alpha value is -1.13. The Morgan fingerprint density at radius 2 is 2.15 bits per heavy atom. The first-order valence-corrected chi connectivity index (χ1v) is 7.89. The second kappa shape index (κ2) is 7.60. The van der Waals surface area contributed by atoms with Crippen LogP contribution in [0.5, 0.6) is 0 Å². The van der Waals surface area contributed by atoms with E-state index in [0.29, 0.717) is 6.04 Å². The highest BCUT2D eigenvalue weighted by Gasteiger charge is 2.22. The number of rotatable bonds is 6. The summed E-state index contributed by atoms with van der Waals surface area (Å²) in [5, 5.41) is 3.41. The Kier molecular flexibility index (Phi) is 5.80.